The number of benzene rings is 1. The number of hydrogen-bond acceptors (Lipinski definition) is 6. The zero-order chi connectivity index (χ0) is 16.3. The first kappa shape index (κ1) is 15.9. The molecule has 1 N–H and O–H groups in total. The van der Waals surface area contributed by atoms with Crippen molar-refractivity contribution in [2.75, 3.05) is 33.1 Å². The Labute approximate surface area is 128 Å². The number of carbonyl (C=O) groups is 1. The lowest BCUT2D eigenvalue weighted by Crippen LogP contribution is -2.41. The lowest BCUT2D eigenvalue weighted by Gasteiger charge is -2.29. The van der Waals surface area contributed by atoms with Gasteiger partial charge in [0, 0.05) is 32.1 Å². The van der Waals surface area contributed by atoms with Gasteiger partial charge in [-0.3, -0.25) is 14.9 Å². The molecule has 0 radical (unpaired) electrons. The molecular formula is C14H19N3O5. The van der Waals surface area contributed by atoms with Crippen molar-refractivity contribution in [2.24, 2.45) is 0 Å². The minimum absolute atomic E-state index is 0.0203. The lowest BCUT2D eigenvalue weighted by molar-refractivity contribution is -0.384. The highest BCUT2D eigenvalue weighted by atomic mass is 16.6. The number of ether oxygens (including phenoxy) is 2. The Bertz CT molecular complexity index is 590. The molecule has 0 aromatic heterocycles. The van der Waals surface area contributed by atoms with E-state index in [0.717, 1.165) is 6.42 Å². The second-order valence-electron chi connectivity index (χ2n) is 5.13. The van der Waals surface area contributed by atoms with E-state index in [1.807, 2.05) is 0 Å². The number of rotatable bonds is 5. The summed E-state index contributed by atoms with van der Waals surface area (Å²) in [6.07, 6.45) is 1.04. The maximum absolute atomic E-state index is 11.7. The van der Waals surface area contributed by atoms with Gasteiger partial charge >= 0.3 is 0 Å². The highest BCUT2D eigenvalue weighted by Crippen LogP contribution is 2.38. The second kappa shape index (κ2) is 6.50. The standard InChI is InChI=1S/C14H19N3O5/c1-16-5-4-9(6-14(16)18)15-10-7-12(21-2)13(22-3)8-11(10)17(19)20/h7-9,15H,4-6H2,1-3H3. The highest BCUT2D eigenvalue weighted by molar-refractivity contribution is 5.78. The quantitative estimate of drug-likeness (QED) is 0.656. The average molecular weight is 309 g/mol. The monoisotopic (exact) mass is 309 g/mol. The largest absolute Gasteiger partial charge is 0.493 e. The summed E-state index contributed by atoms with van der Waals surface area (Å²) in [5, 5.41) is 14.3. The summed E-state index contributed by atoms with van der Waals surface area (Å²) in [4.78, 5) is 24.2. The van der Waals surface area contributed by atoms with Gasteiger partial charge in [-0.05, 0) is 6.42 Å². The van der Waals surface area contributed by atoms with Crippen molar-refractivity contribution in [3.63, 3.8) is 0 Å². The molecule has 8 nitrogen and oxygen atoms in total. The molecule has 120 valence electrons. The molecule has 1 heterocycles. The molecule has 0 spiro atoms. The Morgan fingerprint density at radius 1 is 1.32 bits per heavy atom. The van der Waals surface area contributed by atoms with Crippen LogP contribution in [0, 0.1) is 10.1 Å². The van der Waals surface area contributed by atoms with E-state index in [1.54, 1.807) is 11.9 Å². The molecule has 0 bridgehead atoms. The number of anilines is 1. The fraction of sp³-hybridized carbons (Fsp3) is 0.500. The van der Waals surface area contributed by atoms with Crippen molar-refractivity contribution in [3.8, 4) is 11.5 Å². The van der Waals surface area contributed by atoms with E-state index in [0.29, 0.717) is 30.2 Å². The number of piperidine rings is 1. The van der Waals surface area contributed by atoms with Gasteiger partial charge in [-0.25, -0.2) is 0 Å². The molecule has 22 heavy (non-hydrogen) atoms. The van der Waals surface area contributed by atoms with E-state index in [1.165, 1.54) is 26.4 Å². The third-order valence-electron chi connectivity index (χ3n) is 3.72. The highest BCUT2D eigenvalue weighted by Gasteiger charge is 2.26. The molecule has 1 aliphatic heterocycles. The van der Waals surface area contributed by atoms with Crippen LogP contribution in [0.3, 0.4) is 0 Å². The van der Waals surface area contributed by atoms with Gasteiger partial charge in [0.15, 0.2) is 11.5 Å². The molecular weight excluding hydrogens is 290 g/mol. The van der Waals surface area contributed by atoms with Gasteiger partial charge in [-0.1, -0.05) is 0 Å². The Hall–Kier alpha value is -2.51. The lowest BCUT2D eigenvalue weighted by atomic mass is 10.0. The number of nitro benzene ring substituents is 1. The maximum Gasteiger partial charge on any atom is 0.296 e. The van der Waals surface area contributed by atoms with Crippen LogP contribution in [0.25, 0.3) is 0 Å². The fourth-order valence-corrected chi connectivity index (χ4v) is 2.42. The zero-order valence-electron chi connectivity index (χ0n) is 12.8. The number of methoxy groups -OCH3 is 2. The predicted molar refractivity (Wildman–Crippen MR) is 80.5 cm³/mol. The van der Waals surface area contributed by atoms with Crippen LogP contribution in [0.1, 0.15) is 12.8 Å². The van der Waals surface area contributed by atoms with E-state index in [4.69, 9.17) is 9.47 Å². The van der Waals surface area contributed by atoms with Crippen LogP contribution < -0.4 is 14.8 Å². The topological polar surface area (TPSA) is 93.9 Å². The van der Waals surface area contributed by atoms with E-state index in [9.17, 15) is 14.9 Å². The molecule has 1 aliphatic rings. The molecule has 1 saturated heterocycles. The van der Waals surface area contributed by atoms with E-state index in [-0.39, 0.29) is 17.6 Å². The number of hydrogen-bond donors (Lipinski definition) is 1. The number of nitrogens with zero attached hydrogens (tertiary/aromatic N) is 2. The van der Waals surface area contributed by atoms with E-state index in [2.05, 4.69) is 5.32 Å². The molecule has 0 saturated carbocycles. The number of carbonyl (C=O) groups excluding carboxylic acids is 1. The van der Waals surface area contributed by atoms with E-state index < -0.39 is 4.92 Å². The van der Waals surface area contributed by atoms with Gasteiger partial charge < -0.3 is 19.7 Å². The van der Waals surface area contributed by atoms with Crippen molar-refractivity contribution in [2.45, 2.75) is 18.9 Å². The van der Waals surface area contributed by atoms with Crippen LogP contribution in [-0.2, 0) is 4.79 Å². The smallest absolute Gasteiger partial charge is 0.296 e. The first-order valence-corrected chi connectivity index (χ1v) is 6.87. The summed E-state index contributed by atoms with van der Waals surface area (Å²) < 4.78 is 10.3. The van der Waals surface area contributed by atoms with Crippen LogP contribution in [0.2, 0.25) is 0 Å². The van der Waals surface area contributed by atoms with Crippen LogP contribution in [-0.4, -0.2) is 49.6 Å². The maximum atomic E-state index is 11.7. The SMILES string of the molecule is COc1cc(NC2CCN(C)C(=O)C2)c([N+](=O)[O-])cc1OC. The fourth-order valence-electron chi connectivity index (χ4n) is 2.42. The van der Waals surface area contributed by atoms with Gasteiger partial charge in [0.25, 0.3) is 5.69 Å². The van der Waals surface area contributed by atoms with Crippen LogP contribution >= 0.6 is 0 Å². The molecule has 8 heteroatoms. The first-order valence-electron chi connectivity index (χ1n) is 6.87. The molecule has 1 atom stereocenters. The molecule has 0 aliphatic carbocycles. The molecule has 2 rings (SSSR count). The Kier molecular flexibility index (Phi) is 4.69. The van der Waals surface area contributed by atoms with Crippen molar-refractivity contribution in [3.05, 3.63) is 22.2 Å². The van der Waals surface area contributed by atoms with Crippen molar-refractivity contribution < 1.29 is 19.2 Å². The molecule has 1 amide bonds. The normalized spacial score (nSPS) is 18.0. The van der Waals surface area contributed by atoms with E-state index >= 15 is 0 Å². The molecule has 1 aromatic rings. The number of likely N-dealkylation sites (tertiary alicyclic amines) is 1. The average Bonchev–Trinajstić information content (AvgIpc) is 2.50. The van der Waals surface area contributed by atoms with Crippen molar-refractivity contribution >= 4 is 17.3 Å². The molecule has 1 fully saturated rings. The summed E-state index contributed by atoms with van der Waals surface area (Å²) >= 11 is 0. The van der Waals surface area contributed by atoms with Gasteiger partial charge in [-0.2, -0.15) is 0 Å². The van der Waals surface area contributed by atoms with Crippen LogP contribution in [0.15, 0.2) is 12.1 Å². The molecule has 1 aromatic carbocycles. The summed E-state index contributed by atoms with van der Waals surface area (Å²) in [6.45, 7) is 0.623. The predicted octanol–water partition coefficient (Wildman–Crippen LogP) is 1.64. The number of nitro groups is 1. The summed E-state index contributed by atoms with van der Waals surface area (Å²) in [7, 11) is 4.63. The van der Waals surface area contributed by atoms with Gasteiger partial charge in [0.05, 0.1) is 25.2 Å². The minimum Gasteiger partial charge on any atom is -0.493 e. The van der Waals surface area contributed by atoms with Crippen molar-refractivity contribution in [1.82, 2.24) is 4.90 Å². The molecule has 1 unspecified atom stereocenters. The zero-order valence-corrected chi connectivity index (χ0v) is 12.8. The van der Waals surface area contributed by atoms with Gasteiger partial charge in [0.2, 0.25) is 5.91 Å². The van der Waals surface area contributed by atoms with Gasteiger partial charge in [-0.15, -0.1) is 0 Å². The van der Waals surface area contributed by atoms with Gasteiger partial charge in [0.1, 0.15) is 5.69 Å². The second-order valence-corrected chi connectivity index (χ2v) is 5.13. The number of nitrogens with one attached hydrogen (secondary N) is 1. The summed E-state index contributed by atoms with van der Waals surface area (Å²) in [5.41, 5.74) is 0.217. The van der Waals surface area contributed by atoms with Crippen molar-refractivity contribution in [1.29, 1.82) is 0 Å². The third-order valence-corrected chi connectivity index (χ3v) is 3.72. The van der Waals surface area contributed by atoms with Crippen LogP contribution in [0.4, 0.5) is 11.4 Å². The number of amides is 1. The Balaban J connectivity index is 2.29. The Morgan fingerprint density at radius 3 is 2.50 bits per heavy atom. The Morgan fingerprint density at radius 2 is 1.95 bits per heavy atom. The first-order chi connectivity index (χ1) is 10.5. The third kappa shape index (κ3) is 3.21. The summed E-state index contributed by atoms with van der Waals surface area (Å²) in [5.74, 6) is 0.709. The van der Waals surface area contributed by atoms with Crippen LogP contribution in [0.5, 0.6) is 11.5 Å². The summed E-state index contributed by atoms with van der Waals surface area (Å²) in [6, 6.07) is 2.71. The minimum atomic E-state index is -0.485.